The molecule has 0 aliphatic heterocycles. The molecule has 0 aliphatic rings. The highest BCUT2D eigenvalue weighted by Gasteiger charge is 2.02. The van der Waals surface area contributed by atoms with Crippen LogP contribution in [0.1, 0.15) is 0 Å². The minimum absolute atomic E-state index is 0.0590. The van der Waals surface area contributed by atoms with Crippen LogP contribution >= 0.6 is 0 Å². The smallest absolute Gasteiger partial charge is 0.267 e. The number of H-pyrrole nitrogens is 2. The van der Waals surface area contributed by atoms with E-state index in [0.29, 0.717) is 0 Å². The third-order valence-corrected chi connectivity index (χ3v) is 1.76. The summed E-state index contributed by atoms with van der Waals surface area (Å²) >= 11 is 0. The molecule has 2 aromatic rings. The van der Waals surface area contributed by atoms with Gasteiger partial charge >= 0.3 is 0 Å². The minimum Gasteiger partial charge on any atom is -0.267 e. The lowest BCUT2D eigenvalue weighted by atomic mass is 10.2. The molecule has 1 aromatic carbocycles. The third kappa shape index (κ3) is 1.14. The van der Waals surface area contributed by atoms with E-state index in [2.05, 4.69) is 10.2 Å². The molecule has 5 heteroatoms. The summed E-state index contributed by atoms with van der Waals surface area (Å²) in [4.78, 5) is 22.2. The van der Waals surface area contributed by atoms with E-state index < -0.39 is 16.9 Å². The number of benzene rings is 1. The van der Waals surface area contributed by atoms with E-state index in [1.165, 1.54) is 6.07 Å². The molecule has 0 radical (unpaired) electrons. The zero-order valence-corrected chi connectivity index (χ0v) is 6.43. The number of hydrogen-bond donors (Lipinski definition) is 2. The molecule has 0 saturated carbocycles. The Hall–Kier alpha value is -1.91. The molecule has 0 aliphatic carbocycles. The topological polar surface area (TPSA) is 65.7 Å². The summed E-state index contributed by atoms with van der Waals surface area (Å²) in [5, 5.41) is 4.50. The Morgan fingerprint density at radius 1 is 1.00 bits per heavy atom. The number of fused-ring (bicyclic) bond motifs is 1. The van der Waals surface area contributed by atoms with Gasteiger partial charge in [0.05, 0.1) is 10.8 Å². The van der Waals surface area contributed by atoms with Gasteiger partial charge in [-0.25, -0.2) is 4.39 Å². The fourth-order valence-corrected chi connectivity index (χ4v) is 1.15. The Morgan fingerprint density at radius 2 is 1.62 bits per heavy atom. The van der Waals surface area contributed by atoms with E-state index in [-0.39, 0.29) is 10.8 Å². The highest BCUT2D eigenvalue weighted by Crippen LogP contribution is 2.05. The highest BCUT2D eigenvalue weighted by molar-refractivity contribution is 5.80. The molecule has 1 heterocycles. The molecule has 4 nitrogen and oxygen atoms in total. The van der Waals surface area contributed by atoms with Crippen molar-refractivity contribution in [3.8, 4) is 0 Å². The number of nitrogens with one attached hydrogen (secondary N) is 2. The van der Waals surface area contributed by atoms with Crippen LogP contribution in [0, 0.1) is 5.82 Å². The molecule has 0 unspecified atom stereocenters. The molecule has 2 rings (SSSR count). The summed E-state index contributed by atoms with van der Waals surface area (Å²) in [5.74, 6) is -0.538. The maximum Gasteiger partial charge on any atom is 0.270 e. The molecular weight excluding hydrogens is 175 g/mol. The monoisotopic (exact) mass is 180 g/mol. The lowest BCUT2D eigenvalue weighted by Gasteiger charge is -1.94. The number of aromatic nitrogens is 2. The average Bonchev–Trinajstić information content (AvgIpc) is 2.12. The van der Waals surface area contributed by atoms with Crippen molar-refractivity contribution in [3.05, 3.63) is 44.7 Å². The van der Waals surface area contributed by atoms with Gasteiger partial charge in [-0.2, -0.15) is 0 Å². The second-order valence-electron chi connectivity index (χ2n) is 2.60. The molecule has 66 valence electrons. The summed E-state index contributed by atoms with van der Waals surface area (Å²) in [5.41, 5.74) is -0.941. The SMILES string of the molecule is O=c1[nH][nH]c(=O)c2cc(F)ccc12. The first-order valence-corrected chi connectivity index (χ1v) is 3.59. The van der Waals surface area contributed by atoms with Crippen molar-refractivity contribution < 1.29 is 4.39 Å². The van der Waals surface area contributed by atoms with E-state index >= 15 is 0 Å². The molecule has 0 spiro atoms. The Labute approximate surface area is 71.0 Å². The van der Waals surface area contributed by atoms with Gasteiger partial charge in [0.1, 0.15) is 5.82 Å². The molecule has 1 aromatic heterocycles. The maximum absolute atomic E-state index is 12.7. The standard InChI is InChI=1S/C8H5FN2O2/c9-4-1-2-5-6(3-4)8(13)11-10-7(5)12/h1-3H,(H,10,12)(H,11,13). The molecule has 2 N–H and O–H groups in total. The van der Waals surface area contributed by atoms with Crippen LogP contribution in [0.2, 0.25) is 0 Å². The van der Waals surface area contributed by atoms with Gasteiger partial charge in [-0.05, 0) is 18.2 Å². The van der Waals surface area contributed by atoms with Crippen LogP contribution in [0.5, 0.6) is 0 Å². The zero-order chi connectivity index (χ0) is 9.42. The summed E-state index contributed by atoms with van der Waals surface area (Å²) in [6.45, 7) is 0. The predicted molar refractivity (Wildman–Crippen MR) is 45.1 cm³/mol. The molecule has 0 amide bonds. The fourth-order valence-electron chi connectivity index (χ4n) is 1.15. The molecule has 0 atom stereocenters. The Bertz CT molecular complexity index is 570. The van der Waals surface area contributed by atoms with Crippen molar-refractivity contribution in [1.82, 2.24) is 10.2 Å². The summed E-state index contributed by atoms with van der Waals surface area (Å²) < 4.78 is 12.7. The van der Waals surface area contributed by atoms with Crippen molar-refractivity contribution in [3.63, 3.8) is 0 Å². The van der Waals surface area contributed by atoms with Crippen molar-refractivity contribution in [2.75, 3.05) is 0 Å². The van der Waals surface area contributed by atoms with E-state index in [0.717, 1.165) is 12.1 Å². The van der Waals surface area contributed by atoms with Crippen LogP contribution < -0.4 is 11.1 Å². The number of halogens is 1. The largest absolute Gasteiger partial charge is 0.270 e. The van der Waals surface area contributed by atoms with Gasteiger partial charge < -0.3 is 0 Å². The molecular formula is C8H5FN2O2. The van der Waals surface area contributed by atoms with Gasteiger partial charge in [0.25, 0.3) is 11.1 Å². The Balaban J connectivity index is 3.10. The van der Waals surface area contributed by atoms with E-state index in [1.807, 2.05) is 0 Å². The molecule has 0 fully saturated rings. The average molecular weight is 180 g/mol. The molecule has 13 heavy (non-hydrogen) atoms. The Kier molecular flexibility index (Phi) is 1.51. The summed E-state index contributed by atoms with van der Waals surface area (Å²) in [6, 6.07) is 3.44. The first kappa shape index (κ1) is 7.72. The fraction of sp³-hybridized carbons (Fsp3) is 0. The highest BCUT2D eigenvalue weighted by atomic mass is 19.1. The molecule has 0 bridgehead atoms. The van der Waals surface area contributed by atoms with Crippen molar-refractivity contribution in [1.29, 1.82) is 0 Å². The van der Waals surface area contributed by atoms with E-state index in [4.69, 9.17) is 0 Å². The second-order valence-corrected chi connectivity index (χ2v) is 2.60. The number of rotatable bonds is 0. The van der Waals surface area contributed by atoms with Crippen molar-refractivity contribution in [2.24, 2.45) is 0 Å². The van der Waals surface area contributed by atoms with Gasteiger partial charge in [-0.1, -0.05) is 0 Å². The third-order valence-electron chi connectivity index (χ3n) is 1.76. The van der Waals surface area contributed by atoms with Gasteiger partial charge in [-0.15, -0.1) is 0 Å². The lowest BCUT2D eigenvalue weighted by Crippen LogP contribution is -2.18. The van der Waals surface area contributed by atoms with Gasteiger partial charge in [0.2, 0.25) is 0 Å². The number of aromatic amines is 2. The van der Waals surface area contributed by atoms with Crippen LogP contribution in [0.3, 0.4) is 0 Å². The molecule has 0 saturated heterocycles. The van der Waals surface area contributed by atoms with Crippen molar-refractivity contribution in [2.45, 2.75) is 0 Å². The quantitative estimate of drug-likeness (QED) is 0.614. The number of hydrogen-bond acceptors (Lipinski definition) is 2. The van der Waals surface area contributed by atoms with Gasteiger partial charge in [0.15, 0.2) is 0 Å². The summed E-state index contributed by atoms with van der Waals surface area (Å²) in [6.07, 6.45) is 0. The predicted octanol–water partition coefficient (Wildman–Crippen LogP) is 0.355. The second kappa shape index (κ2) is 2.55. The van der Waals surface area contributed by atoms with Crippen LogP contribution in [-0.2, 0) is 0 Å². The van der Waals surface area contributed by atoms with Crippen LogP contribution in [0.15, 0.2) is 27.8 Å². The van der Waals surface area contributed by atoms with Gasteiger partial charge in [-0.3, -0.25) is 19.8 Å². The van der Waals surface area contributed by atoms with Crippen LogP contribution in [-0.4, -0.2) is 10.2 Å². The lowest BCUT2D eigenvalue weighted by molar-refractivity contribution is 0.629. The first-order valence-electron chi connectivity index (χ1n) is 3.59. The van der Waals surface area contributed by atoms with Gasteiger partial charge in [0, 0.05) is 0 Å². The maximum atomic E-state index is 12.7. The van der Waals surface area contributed by atoms with E-state index in [9.17, 15) is 14.0 Å². The first-order chi connectivity index (χ1) is 6.18. The Morgan fingerprint density at radius 3 is 2.31 bits per heavy atom. The van der Waals surface area contributed by atoms with Crippen molar-refractivity contribution >= 4 is 10.8 Å². The summed E-state index contributed by atoms with van der Waals surface area (Å²) in [7, 11) is 0. The van der Waals surface area contributed by atoms with Crippen LogP contribution in [0.25, 0.3) is 10.8 Å². The zero-order valence-electron chi connectivity index (χ0n) is 6.43. The normalized spacial score (nSPS) is 10.5. The minimum atomic E-state index is -0.538. The van der Waals surface area contributed by atoms with E-state index in [1.54, 1.807) is 0 Å². The van der Waals surface area contributed by atoms with Crippen LogP contribution in [0.4, 0.5) is 4.39 Å².